The Morgan fingerprint density at radius 1 is 1.20 bits per heavy atom. The Balaban J connectivity index is 2.64. The Kier molecular flexibility index (Phi) is 6.07. The van der Waals surface area contributed by atoms with Gasteiger partial charge in [0.1, 0.15) is 6.04 Å². The lowest BCUT2D eigenvalue weighted by molar-refractivity contribution is -0.128. The van der Waals surface area contributed by atoms with Crippen LogP contribution in [0.25, 0.3) is 0 Å². The highest BCUT2D eigenvalue weighted by atomic mass is 32.2. The molecular weight excluding hydrogens is 272 g/mol. The van der Waals surface area contributed by atoms with Crippen molar-refractivity contribution in [2.45, 2.75) is 44.2 Å². The van der Waals surface area contributed by atoms with Gasteiger partial charge in [0.2, 0.25) is 11.8 Å². The number of rotatable bonds is 5. The molecule has 0 saturated carbocycles. The molecule has 20 heavy (non-hydrogen) atoms. The van der Waals surface area contributed by atoms with E-state index in [1.54, 1.807) is 11.8 Å². The molecule has 110 valence electrons. The summed E-state index contributed by atoms with van der Waals surface area (Å²) in [4.78, 5) is 24.5. The second kappa shape index (κ2) is 7.33. The summed E-state index contributed by atoms with van der Waals surface area (Å²) in [6.07, 6.45) is 0. The molecule has 1 atom stereocenters. The Morgan fingerprint density at radius 2 is 1.80 bits per heavy atom. The van der Waals surface area contributed by atoms with Gasteiger partial charge in [-0.05, 0) is 32.9 Å². The molecule has 2 N–H and O–H groups in total. The second-order valence-corrected chi connectivity index (χ2v) is 6.71. The first-order chi connectivity index (χ1) is 9.28. The van der Waals surface area contributed by atoms with E-state index in [1.165, 1.54) is 6.92 Å². The van der Waals surface area contributed by atoms with Crippen molar-refractivity contribution in [3.63, 3.8) is 0 Å². The number of thioether (sulfide) groups is 1. The van der Waals surface area contributed by atoms with E-state index in [0.717, 1.165) is 4.90 Å². The average molecular weight is 294 g/mol. The first kappa shape index (κ1) is 16.6. The third-order valence-corrected chi connectivity index (χ3v) is 3.46. The normalized spacial score (nSPS) is 12.6. The molecule has 4 nitrogen and oxygen atoms in total. The van der Waals surface area contributed by atoms with Crippen LogP contribution in [-0.2, 0) is 9.59 Å². The van der Waals surface area contributed by atoms with Gasteiger partial charge in [-0.3, -0.25) is 9.59 Å². The molecule has 0 spiro atoms. The number of hydrogen-bond acceptors (Lipinski definition) is 3. The molecule has 0 aromatic heterocycles. The van der Waals surface area contributed by atoms with Gasteiger partial charge < -0.3 is 10.6 Å². The van der Waals surface area contributed by atoms with Crippen LogP contribution in [0.1, 0.15) is 27.7 Å². The van der Waals surface area contributed by atoms with Gasteiger partial charge in [0, 0.05) is 23.1 Å². The average Bonchev–Trinajstić information content (AvgIpc) is 2.33. The summed E-state index contributed by atoms with van der Waals surface area (Å²) >= 11 is 1.55. The predicted molar refractivity (Wildman–Crippen MR) is 82.7 cm³/mol. The van der Waals surface area contributed by atoms with Crippen LogP contribution in [0.2, 0.25) is 0 Å². The summed E-state index contributed by atoms with van der Waals surface area (Å²) in [5, 5.41) is 5.59. The van der Waals surface area contributed by atoms with Gasteiger partial charge in [0.05, 0.1) is 0 Å². The minimum absolute atomic E-state index is 0.156. The minimum atomic E-state index is -0.531. The predicted octanol–water partition coefficient (Wildman–Crippen LogP) is 2.20. The van der Waals surface area contributed by atoms with Gasteiger partial charge in [-0.25, -0.2) is 0 Å². The summed E-state index contributed by atoms with van der Waals surface area (Å²) < 4.78 is 0. The van der Waals surface area contributed by atoms with Crippen molar-refractivity contribution in [3.8, 4) is 0 Å². The lowest BCUT2D eigenvalue weighted by Crippen LogP contribution is -2.52. The Hall–Kier alpha value is -1.49. The molecule has 1 unspecified atom stereocenters. The highest BCUT2D eigenvalue weighted by molar-refractivity contribution is 7.99. The Labute approximate surface area is 124 Å². The molecule has 1 aromatic rings. The van der Waals surface area contributed by atoms with Crippen molar-refractivity contribution in [2.75, 3.05) is 5.75 Å². The van der Waals surface area contributed by atoms with Crippen LogP contribution in [0.4, 0.5) is 0 Å². The number of amides is 2. The van der Waals surface area contributed by atoms with E-state index in [9.17, 15) is 9.59 Å². The maximum atomic E-state index is 12.2. The van der Waals surface area contributed by atoms with Crippen LogP contribution in [-0.4, -0.2) is 29.1 Å². The maximum Gasteiger partial charge on any atom is 0.243 e. The quantitative estimate of drug-likeness (QED) is 0.819. The fraction of sp³-hybridized carbons (Fsp3) is 0.467. The molecule has 0 aliphatic heterocycles. The molecule has 5 heteroatoms. The molecule has 0 bridgehead atoms. The zero-order chi connectivity index (χ0) is 15.2. The highest BCUT2D eigenvalue weighted by Crippen LogP contribution is 2.18. The van der Waals surface area contributed by atoms with E-state index >= 15 is 0 Å². The van der Waals surface area contributed by atoms with Crippen LogP contribution in [0.3, 0.4) is 0 Å². The van der Waals surface area contributed by atoms with E-state index in [-0.39, 0.29) is 17.4 Å². The van der Waals surface area contributed by atoms with E-state index in [4.69, 9.17) is 0 Å². The van der Waals surface area contributed by atoms with Crippen LogP contribution in [0.5, 0.6) is 0 Å². The molecule has 1 rings (SSSR count). The smallest absolute Gasteiger partial charge is 0.243 e. The number of hydrogen-bond donors (Lipinski definition) is 2. The molecule has 2 amide bonds. The van der Waals surface area contributed by atoms with Crippen molar-refractivity contribution in [1.82, 2.24) is 10.6 Å². The van der Waals surface area contributed by atoms with Crippen LogP contribution in [0, 0.1) is 0 Å². The van der Waals surface area contributed by atoms with Gasteiger partial charge in [-0.15, -0.1) is 11.8 Å². The molecule has 0 aliphatic rings. The van der Waals surface area contributed by atoms with Crippen LogP contribution >= 0.6 is 11.8 Å². The molecule has 0 radical (unpaired) electrons. The van der Waals surface area contributed by atoms with Gasteiger partial charge in [-0.2, -0.15) is 0 Å². The van der Waals surface area contributed by atoms with E-state index in [0.29, 0.717) is 5.75 Å². The van der Waals surface area contributed by atoms with Crippen molar-refractivity contribution in [2.24, 2.45) is 0 Å². The zero-order valence-electron chi connectivity index (χ0n) is 12.4. The summed E-state index contributed by atoms with van der Waals surface area (Å²) in [7, 11) is 0. The Morgan fingerprint density at radius 3 is 2.30 bits per heavy atom. The van der Waals surface area contributed by atoms with Crippen molar-refractivity contribution >= 4 is 23.6 Å². The van der Waals surface area contributed by atoms with E-state index < -0.39 is 6.04 Å². The third-order valence-electron chi connectivity index (χ3n) is 2.35. The number of carbonyl (C=O) groups excluding carboxylic acids is 2. The minimum Gasteiger partial charge on any atom is -0.350 e. The number of carbonyl (C=O) groups is 2. The van der Waals surface area contributed by atoms with E-state index in [1.807, 2.05) is 51.1 Å². The fourth-order valence-electron chi connectivity index (χ4n) is 1.58. The molecular formula is C15H22N2O2S. The summed E-state index contributed by atoms with van der Waals surface area (Å²) in [5.74, 6) is 0.148. The lowest BCUT2D eigenvalue weighted by Gasteiger charge is -2.25. The summed E-state index contributed by atoms with van der Waals surface area (Å²) in [6.45, 7) is 7.17. The monoisotopic (exact) mass is 294 g/mol. The van der Waals surface area contributed by atoms with E-state index in [2.05, 4.69) is 10.6 Å². The van der Waals surface area contributed by atoms with Gasteiger partial charge in [0.15, 0.2) is 0 Å². The molecule has 0 saturated heterocycles. The maximum absolute atomic E-state index is 12.2. The first-order valence-corrected chi connectivity index (χ1v) is 7.53. The van der Waals surface area contributed by atoms with Crippen molar-refractivity contribution < 1.29 is 9.59 Å². The number of benzene rings is 1. The van der Waals surface area contributed by atoms with Crippen LogP contribution in [0.15, 0.2) is 35.2 Å². The largest absolute Gasteiger partial charge is 0.350 e. The third kappa shape index (κ3) is 6.61. The Bertz CT molecular complexity index is 455. The van der Waals surface area contributed by atoms with Crippen molar-refractivity contribution in [3.05, 3.63) is 30.3 Å². The molecule has 1 aromatic carbocycles. The molecule has 0 heterocycles. The van der Waals surface area contributed by atoms with Gasteiger partial charge >= 0.3 is 0 Å². The highest BCUT2D eigenvalue weighted by Gasteiger charge is 2.23. The second-order valence-electron chi connectivity index (χ2n) is 5.62. The summed E-state index contributed by atoms with van der Waals surface area (Å²) in [6, 6.07) is 9.28. The van der Waals surface area contributed by atoms with Crippen molar-refractivity contribution in [1.29, 1.82) is 0 Å². The zero-order valence-corrected chi connectivity index (χ0v) is 13.2. The number of nitrogens with one attached hydrogen (secondary N) is 2. The first-order valence-electron chi connectivity index (χ1n) is 6.55. The SMILES string of the molecule is CC(=O)NC(CSc1ccccc1)C(=O)NC(C)(C)C. The van der Waals surface area contributed by atoms with Gasteiger partial charge in [-0.1, -0.05) is 18.2 Å². The molecule has 0 aliphatic carbocycles. The van der Waals surface area contributed by atoms with Gasteiger partial charge in [0.25, 0.3) is 0 Å². The standard InChI is InChI=1S/C15H22N2O2S/c1-11(18)16-13(14(19)17-15(2,3)4)10-20-12-8-6-5-7-9-12/h5-9,13H,10H2,1-4H3,(H,16,18)(H,17,19). The lowest BCUT2D eigenvalue weighted by atomic mass is 10.1. The molecule has 0 fully saturated rings. The fourth-order valence-corrected chi connectivity index (χ4v) is 2.52. The topological polar surface area (TPSA) is 58.2 Å². The van der Waals surface area contributed by atoms with Crippen LogP contribution < -0.4 is 10.6 Å². The summed E-state index contributed by atoms with van der Waals surface area (Å²) in [5.41, 5.74) is -0.314.